The third-order valence-corrected chi connectivity index (χ3v) is 5.34. The molecule has 0 aliphatic heterocycles. The van der Waals surface area contributed by atoms with E-state index >= 15 is 0 Å². The van der Waals surface area contributed by atoms with Gasteiger partial charge in [-0.1, -0.05) is 6.07 Å². The minimum absolute atomic E-state index is 0.151. The molecular formula is C20H16F2N4O4S. The highest BCUT2D eigenvalue weighted by Gasteiger charge is 2.16. The summed E-state index contributed by atoms with van der Waals surface area (Å²) in [6.07, 6.45) is 0.0430. The van der Waals surface area contributed by atoms with Crippen molar-refractivity contribution < 1.29 is 28.2 Å². The van der Waals surface area contributed by atoms with E-state index in [-0.39, 0.29) is 19.0 Å². The van der Waals surface area contributed by atoms with Crippen molar-refractivity contribution in [1.29, 1.82) is 0 Å². The first-order chi connectivity index (χ1) is 14.9. The topological polar surface area (TPSA) is 106 Å². The highest BCUT2D eigenvalue weighted by atomic mass is 32.1. The maximum atomic E-state index is 12.5. The molecule has 4 aromatic rings. The third kappa shape index (κ3) is 4.61. The lowest BCUT2D eigenvalue weighted by Crippen LogP contribution is -2.26. The zero-order chi connectivity index (χ0) is 22.0. The average molecular weight is 446 g/mol. The maximum Gasteiger partial charge on any atom is 0.404 e. The summed E-state index contributed by atoms with van der Waals surface area (Å²) in [6.45, 7) is -0.796. The van der Waals surface area contributed by atoms with Gasteiger partial charge >= 0.3 is 12.7 Å². The smallest absolute Gasteiger partial charge is 0.404 e. The van der Waals surface area contributed by atoms with E-state index < -0.39 is 12.7 Å². The molecule has 31 heavy (non-hydrogen) atoms. The van der Waals surface area contributed by atoms with E-state index in [0.717, 1.165) is 16.5 Å². The van der Waals surface area contributed by atoms with Gasteiger partial charge in [0.25, 0.3) is 0 Å². The van der Waals surface area contributed by atoms with Crippen LogP contribution in [-0.2, 0) is 0 Å². The first-order valence-corrected chi connectivity index (χ1v) is 9.94. The van der Waals surface area contributed by atoms with Gasteiger partial charge in [0.15, 0.2) is 0 Å². The summed E-state index contributed by atoms with van der Waals surface area (Å²) in [5.41, 5.74) is 3.22. The molecule has 11 heteroatoms. The first-order valence-electron chi connectivity index (χ1n) is 9.12. The van der Waals surface area contributed by atoms with E-state index in [9.17, 15) is 13.6 Å². The molecule has 0 fully saturated rings. The van der Waals surface area contributed by atoms with Crippen molar-refractivity contribution in [2.75, 3.05) is 13.2 Å². The summed E-state index contributed by atoms with van der Waals surface area (Å²) in [4.78, 5) is 23.6. The average Bonchev–Trinajstić information content (AvgIpc) is 3.14. The summed E-state index contributed by atoms with van der Waals surface area (Å²) >= 11 is 1.39. The van der Waals surface area contributed by atoms with Crippen molar-refractivity contribution in [1.82, 2.24) is 20.3 Å². The first kappa shape index (κ1) is 20.7. The van der Waals surface area contributed by atoms with Crippen LogP contribution in [0, 0.1) is 6.92 Å². The van der Waals surface area contributed by atoms with Gasteiger partial charge in [-0.25, -0.2) is 19.7 Å². The van der Waals surface area contributed by atoms with Crippen LogP contribution in [0.1, 0.15) is 5.56 Å². The van der Waals surface area contributed by atoms with E-state index in [4.69, 9.17) is 9.84 Å². The number of nitrogens with zero attached hydrogens (tertiary/aromatic N) is 3. The number of carboxylic acid groups (broad SMARTS) is 1. The quantitative estimate of drug-likeness (QED) is 0.404. The van der Waals surface area contributed by atoms with E-state index in [1.165, 1.54) is 11.3 Å². The van der Waals surface area contributed by atoms with Crippen molar-refractivity contribution in [2.24, 2.45) is 0 Å². The Hall–Kier alpha value is -3.60. The molecule has 0 aliphatic carbocycles. The molecule has 0 aliphatic rings. The second-order valence-corrected chi connectivity index (χ2v) is 7.47. The molecule has 160 valence electrons. The number of benzene rings is 2. The minimum atomic E-state index is -2.98. The highest BCUT2D eigenvalue weighted by Crippen LogP contribution is 2.38. The predicted octanol–water partition coefficient (Wildman–Crippen LogP) is 4.46. The van der Waals surface area contributed by atoms with Gasteiger partial charge in [0.05, 0.1) is 34.0 Å². The van der Waals surface area contributed by atoms with Crippen LogP contribution < -0.4 is 14.8 Å². The molecule has 2 aromatic heterocycles. The van der Waals surface area contributed by atoms with Crippen molar-refractivity contribution in [3.8, 4) is 22.2 Å². The molecule has 0 saturated carbocycles. The van der Waals surface area contributed by atoms with Crippen molar-refractivity contribution >= 4 is 38.7 Å². The van der Waals surface area contributed by atoms with E-state index in [0.29, 0.717) is 32.9 Å². The molecular weight excluding hydrogens is 430 g/mol. The molecule has 0 saturated heterocycles. The van der Waals surface area contributed by atoms with Crippen molar-refractivity contribution in [3.05, 3.63) is 42.1 Å². The minimum Gasteiger partial charge on any atom is -0.490 e. The van der Waals surface area contributed by atoms with E-state index in [2.05, 4.69) is 25.0 Å². The fourth-order valence-corrected chi connectivity index (χ4v) is 4.08. The molecule has 4 rings (SSSR count). The SMILES string of the molecule is Cc1cc(-c2nc3cccc(OCCNC(=O)O)c3s2)c2ncc(OC(F)F)nc2c1. The molecule has 0 radical (unpaired) electrons. The molecule has 2 N–H and O–H groups in total. The number of nitrogens with one attached hydrogen (secondary N) is 1. The Bertz CT molecular complexity index is 1260. The normalized spacial score (nSPS) is 11.2. The molecule has 8 nitrogen and oxygen atoms in total. The summed E-state index contributed by atoms with van der Waals surface area (Å²) in [7, 11) is 0. The van der Waals surface area contributed by atoms with Gasteiger partial charge < -0.3 is 19.9 Å². The molecule has 0 unspecified atom stereocenters. The molecule has 0 atom stereocenters. The zero-order valence-electron chi connectivity index (χ0n) is 16.1. The Morgan fingerprint density at radius 1 is 1.26 bits per heavy atom. The number of halogens is 2. The fraction of sp³-hybridized carbons (Fsp3) is 0.200. The lowest BCUT2D eigenvalue weighted by molar-refractivity contribution is -0.0528. The molecule has 2 aromatic carbocycles. The Balaban J connectivity index is 1.71. The predicted molar refractivity (Wildman–Crippen MR) is 111 cm³/mol. The molecule has 1 amide bonds. The van der Waals surface area contributed by atoms with E-state index in [1.54, 1.807) is 18.2 Å². The Morgan fingerprint density at radius 3 is 2.87 bits per heavy atom. The maximum absolute atomic E-state index is 12.5. The lowest BCUT2D eigenvalue weighted by Gasteiger charge is -2.07. The van der Waals surface area contributed by atoms with Gasteiger partial charge in [0, 0.05) is 5.56 Å². The summed E-state index contributed by atoms with van der Waals surface area (Å²) in [6, 6.07) is 9.07. The molecule has 0 bridgehead atoms. The van der Waals surface area contributed by atoms with Crippen molar-refractivity contribution in [2.45, 2.75) is 13.5 Å². The number of thiazole rings is 1. The number of rotatable bonds is 7. The van der Waals surface area contributed by atoms with Gasteiger partial charge in [0.1, 0.15) is 17.4 Å². The largest absolute Gasteiger partial charge is 0.490 e. The monoisotopic (exact) mass is 446 g/mol. The van der Waals surface area contributed by atoms with Crippen LogP contribution in [0.3, 0.4) is 0 Å². The number of hydrogen-bond donors (Lipinski definition) is 2. The summed E-state index contributed by atoms with van der Waals surface area (Å²) in [5.74, 6) is 0.332. The number of aryl methyl sites for hydroxylation is 1. The molecule has 2 heterocycles. The number of fused-ring (bicyclic) bond motifs is 2. The zero-order valence-corrected chi connectivity index (χ0v) is 16.9. The Kier molecular flexibility index (Phi) is 5.76. The van der Waals surface area contributed by atoms with Gasteiger partial charge in [-0.2, -0.15) is 8.78 Å². The number of amides is 1. The summed E-state index contributed by atoms with van der Waals surface area (Å²) < 4.78 is 35.9. The molecule has 0 spiro atoms. The van der Waals surface area contributed by atoms with Crippen LogP contribution >= 0.6 is 11.3 Å². The fourth-order valence-electron chi connectivity index (χ4n) is 3.03. The van der Waals surface area contributed by atoms with E-state index in [1.807, 2.05) is 19.1 Å². The summed E-state index contributed by atoms with van der Waals surface area (Å²) in [5, 5.41) is 11.6. The number of carbonyl (C=O) groups is 1. The standard InChI is InChI=1S/C20H16F2N4O4S/c1-10-7-11(16-13(8-10)25-15(9-24-16)30-19(21)22)18-26-12-3-2-4-14(17(12)31-18)29-6-5-23-20(27)28/h2-4,7-9,19,23H,5-6H2,1H3,(H,27,28). The van der Waals surface area contributed by atoms with Crippen LogP contribution in [0.25, 0.3) is 31.8 Å². The van der Waals surface area contributed by atoms with Gasteiger partial charge in [-0.15, -0.1) is 11.3 Å². The van der Waals surface area contributed by atoms with Crippen LogP contribution in [0.15, 0.2) is 36.5 Å². The van der Waals surface area contributed by atoms with Crippen molar-refractivity contribution in [3.63, 3.8) is 0 Å². The second-order valence-electron chi connectivity index (χ2n) is 6.47. The Labute approximate surface area is 178 Å². The van der Waals surface area contributed by atoms with Crippen LogP contribution in [-0.4, -0.2) is 45.9 Å². The second kappa shape index (κ2) is 8.64. The highest BCUT2D eigenvalue weighted by molar-refractivity contribution is 7.22. The number of hydrogen-bond acceptors (Lipinski definition) is 7. The van der Waals surface area contributed by atoms with Gasteiger partial charge in [0.2, 0.25) is 5.88 Å². The van der Waals surface area contributed by atoms with Crippen LogP contribution in [0.5, 0.6) is 11.6 Å². The number of alkyl halides is 2. The lowest BCUT2D eigenvalue weighted by atomic mass is 10.1. The number of aromatic nitrogens is 3. The van der Waals surface area contributed by atoms with Crippen LogP contribution in [0.2, 0.25) is 0 Å². The van der Waals surface area contributed by atoms with Gasteiger partial charge in [-0.05, 0) is 36.8 Å². The number of ether oxygens (including phenoxy) is 2. The van der Waals surface area contributed by atoms with Gasteiger partial charge in [-0.3, -0.25) is 0 Å². The Morgan fingerprint density at radius 2 is 2.10 bits per heavy atom. The van der Waals surface area contributed by atoms with Crippen LogP contribution in [0.4, 0.5) is 13.6 Å². The third-order valence-electron chi connectivity index (χ3n) is 4.22.